The van der Waals surface area contributed by atoms with Gasteiger partial charge in [0.25, 0.3) is 10.0 Å². The smallest absolute Gasteiger partial charge is 0.262 e. The van der Waals surface area contributed by atoms with E-state index < -0.39 is 10.0 Å². The molecule has 0 saturated carbocycles. The maximum Gasteiger partial charge on any atom is 0.262 e. The Hall–Kier alpha value is -1.92. The van der Waals surface area contributed by atoms with Crippen LogP contribution in [-0.2, 0) is 10.0 Å². The molecule has 7 heteroatoms. The fourth-order valence-electron chi connectivity index (χ4n) is 1.77. The molecule has 2 aromatic carbocycles. The molecule has 2 aromatic rings. The SMILES string of the molecule is COc1ccc(S(=O)(=O)Nc2cc(Cl)cc(C)c2O)cc1. The molecule has 0 unspecified atom stereocenters. The largest absolute Gasteiger partial charge is 0.505 e. The molecule has 0 aliphatic rings. The van der Waals surface area contributed by atoms with E-state index in [9.17, 15) is 13.5 Å². The summed E-state index contributed by atoms with van der Waals surface area (Å²) in [4.78, 5) is 0.0559. The van der Waals surface area contributed by atoms with Gasteiger partial charge >= 0.3 is 0 Å². The number of anilines is 1. The molecule has 0 amide bonds. The molecule has 0 atom stereocenters. The molecule has 0 fully saturated rings. The number of hydrogen-bond donors (Lipinski definition) is 2. The highest BCUT2D eigenvalue weighted by Gasteiger charge is 2.17. The number of aryl methyl sites for hydroxylation is 1. The van der Waals surface area contributed by atoms with Gasteiger partial charge in [-0.05, 0) is 48.9 Å². The molecule has 0 bridgehead atoms. The fourth-order valence-corrected chi connectivity index (χ4v) is 3.10. The fraction of sp³-hybridized carbons (Fsp3) is 0.143. The van der Waals surface area contributed by atoms with E-state index in [0.29, 0.717) is 16.3 Å². The van der Waals surface area contributed by atoms with E-state index in [1.54, 1.807) is 13.0 Å². The van der Waals surface area contributed by atoms with Crippen molar-refractivity contribution in [3.63, 3.8) is 0 Å². The lowest BCUT2D eigenvalue weighted by Gasteiger charge is -2.12. The highest BCUT2D eigenvalue weighted by Crippen LogP contribution is 2.32. The minimum Gasteiger partial charge on any atom is -0.505 e. The van der Waals surface area contributed by atoms with Crippen LogP contribution >= 0.6 is 11.6 Å². The number of nitrogens with one attached hydrogen (secondary N) is 1. The van der Waals surface area contributed by atoms with E-state index in [2.05, 4.69) is 4.72 Å². The van der Waals surface area contributed by atoms with Crippen LogP contribution in [0.3, 0.4) is 0 Å². The third-order valence-corrected chi connectivity index (χ3v) is 4.48. The molecule has 0 radical (unpaired) electrons. The van der Waals surface area contributed by atoms with Gasteiger partial charge in [0.2, 0.25) is 0 Å². The number of sulfonamides is 1. The van der Waals surface area contributed by atoms with Crippen LogP contribution in [-0.4, -0.2) is 20.6 Å². The first-order chi connectivity index (χ1) is 9.83. The minimum absolute atomic E-state index is 0.0378. The van der Waals surface area contributed by atoms with Crippen molar-refractivity contribution >= 4 is 27.3 Å². The summed E-state index contributed by atoms with van der Waals surface area (Å²) in [6.45, 7) is 1.63. The normalized spacial score (nSPS) is 11.2. The van der Waals surface area contributed by atoms with Crippen molar-refractivity contribution in [2.45, 2.75) is 11.8 Å². The molecule has 5 nitrogen and oxygen atoms in total. The molecular formula is C14H14ClNO4S. The Labute approximate surface area is 128 Å². The van der Waals surface area contributed by atoms with Gasteiger partial charge in [-0.2, -0.15) is 0 Å². The third kappa shape index (κ3) is 3.40. The zero-order chi connectivity index (χ0) is 15.6. The highest BCUT2D eigenvalue weighted by atomic mass is 35.5. The zero-order valence-corrected chi connectivity index (χ0v) is 13.0. The number of ether oxygens (including phenoxy) is 1. The first kappa shape index (κ1) is 15.5. The van der Waals surface area contributed by atoms with E-state index in [0.717, 1.165) is 0 Å². The number of benzene rings is 2. The lowest BCUT2D eigenvalue weighted by Crippen LogP contribution is -2.13. The average molecular weight is 328 g/mol. The summed E-state index contributed by atoms with van der Waals surface area (Å²) < 4.78 is 31.8. The number of aromatic hydroxyl groups is 1. The lowest BCUT2D eigenvalue weighted by atomic mass is 10.2. The Morgan fingerprint density at radius 1 is 1.19 bits per heavy atom. The molecule has 0 saturated heterocycles. The Kier molecular flexibility index (Phi) is 4.29. The molecule has 0 aliphatic heterocycles. The van der Waals surface area contributed by atoms with Gasteiger partial charge in [0.1, 0.15) is 11.5 Å². The van der Waals surface area contributed by atoms with Crippen LogP contribution in [0.5, 0.6) is 11.5 Å². The Morgan fingerprint density at radius 3 is 2.38 bits per heavy atom. The summed E-state index contributed by atoms with van der Waals surface area (Å²) in [5.41, 5.74) is 0.519. The summed E-state index contributed by atoms with van der Waals surface area (Å²) >= 11 is 5.87. The van der Waals surface area contributed by atoms with Crippen LogP contribution in [0, 0.1) is 6.92 Å². The standard InChI is InChI=1S/C14H14ClNO4S/c1-9-7-10(15)8-13(14(9)17)16-21(18,19)12-5-3-11(20-2)4-6-12/h3-8,16-17H,1-2H3. The van der Waals surface area contributed by atoms with E-state index in [1.807, 2.05) is 0 Å². The average Bonchev–Trinajstić information content (AvgIpc) is 2.44. The van der Waals surface area contributed by atoms with Gasteiger partial charge in [-0.1, -0.05) is 11.6 Å². The van der Waals surface area contributed by atoms with Crippen LogP contribution in [0.15, 0.2) is 41.3 Å². The topological polar surface area (TPSA) is 75.6 Å². The summed E-state index contributed by atoms with van der Waals surface area (Å²) in [5.74, 6) is 0.395. The number of phenolic OH excluding ortho intramolecular Hbond substituents is 1. The number of methoxy groups -OCH3 is 1. The zero-order valence-electron chi connectivity index (χ0n) is 11.4. The van der Waals surface area contributed by atoms with Crippen molar-refractivity contribution in [1.29, 1.82) is 0 Å². The van der Waals surface area contributed by atoms with Gasteiger partial charge in [-0.3, -0.25) is 4.72 Å². The number of phenols is 1. The van der Waals surface area contributed by atoms with Gasteiger partial charge in [0, 0.05) is 5.02 Å². The van der Waals surface area contributed by atoms with Gasteiger partial charge in [0.15, 0.2) is 0 Å². The maximum absolute atomic E-state index is 12.3. The minimum atomic E-state index is -3.82. The van der Waals surface area contributed by atoms with Crippen molar-refractivity contribution in [2.75, 3.05) is 11.8 Å². The molecular weight excluding hydrogens is 314 g/mol. The first-order valence-corrected chi connectivity index (χ1v) is 7.85. The third-order valence-electron chi connectivity index (χ3n) is 2.88. The number of halogens is 1. The Morgan fingerprint density at radius 2 is 1.81 bits per heavy atom. The van der Waals surface area contributed by atoms with Crippen molar-refractivity contribution in [3.05, 3.63) is 47.0 Å². The van der Waals surface area contributed by atoms with Crippen LogP contribution < -0.4 is 9.46 Å². The van der Waals surface area contributed by atoms with E-state index in [1.165, 1.54) is 37.4 Å². The monoisotopic (exact) mass is 327 g/mol. The van der Waals surface area contributed by atoms with Gasteiger partial charge in [-0.25, -0.2) is 8.42 Å². The molecule has 2 N–H and O–H groups in total. The lowest BCUT2D eigenvalue weighted by molar-refractivity contribution is 0.414. The molecule has 21 heavy (non-hydrogen) atoms. The second-order valence-electron chi connectivity index (χ2n) is 4.40. The molecule has 112 valence electrons. The van der Waals surface area contributed by atoms with Crippen LogP contribution in [0.1, 0.15) is 5.56 Å². The van der Waals surface area contributed by atoms with E-state index >= 15 is 0 Å². The number of hydrogen-bond acceptors (Lipinski definition) is 4. The van der Waals surface area contributed by atoms with Crippen LogP contribution in [0.4, 0.5) is 5.69 Å². The Bertz CT molecular complexity index is 757. The number of rotatable bonds is 4. The quantitative estimate of drug-likeness (QED) is 0.846. The van der Waals surface area contributed by atoms with Crippen molar-refractivity contribution in [2.24, 2.45) is 0 Å². The molecule has 2 rings (SSSR count). The predicted molar refractivity (Wildman–Crippen MR) is 81.7 cm³/mol. The highest BCUT2D eigenvalue weighted by molar-refractivity contribution is 7.92. The van der Waals surface area contributed by atoms with Gasteiger partial charge in [-0.15, -0.1) is 0 Å². The first-order valence-electron chi connectivity index (χ1n) is 5.99. The summed E-state index contributed by atoms with van der Waals surface area (Å²) in [7, 11) is -2.32. The van der Waals surface area contributed by atoms with Gasteiger partial charge in [0.05, 0.1) is 17.7 Å². The second-order valence-corrected chi connectivity index (χ2v) is 6.52. The summed E-state index contributed by atoms with van der Waals surface area (Å²) in [6.07, 6.45) is 0. The van der Waals surface area contributed by atoms with Crippen molar-refractivity contribution in [3.8, 4) is 11.5 Å². The van der Waals surface area contributed by atoms with Crippen molar-refractivity contribution < 1.29 is 18.3 Å². The molecule has 0 aliphatic carbocycles. The van der Waals surface area contributed by atoms with Crippen LogP contribution in [0.25, 0.3) is 0 Å². The predicted octanol–water partition coefficient (Wildman–Crippen LogP) is 3.16. The summed E-state index contributed by atoms with van der Waals surface area (Å²) in [5, 5.41) is 10.2. The summed E-state index contributed by atoms with van der Waals surface area (Å²) in [6, 6.07) is 8.80. The molecule has 0 heterocycles. The van der Waals surface area contributed by atoms with E-state index in [-0.39, 0.29) is 16.3 Å². The van der Waals surface area contributed by atoms with Gasteiger partial charge < -0.3 is 9.84 Å². The molecule has 0 spiro atoms. The second kappa shape index (κ2) is 5.83. The van der Waals surface area contributed by atoms with E-state index in [4.69, 9.17) is 16.3 Å². The molecule has 0 aromatic heterocycles. The van der Waals surface area contributed by atoms with Crippen LogP contribution in [0.2, 0.25) is 5.02 Å². The van der Waals surface area contributed by atoms with Crippen molar-refractivity contribution in [1.82, 2.24) is 0 Å². The Balaban J connectivity index is 2.37. The maximum atomic E-state index is 12.3.